The Morgan fingerprint density at radius 1 is 1.33 bits per heavy atom. The molecule has 1 saturated carbocycles. The number of rotatable bonds is 4. The average molecular weight is 329 g/mol. The number of amides is 1. The Kier molecular flexibility index (Phi) is 4.59. The zero-order valence-corrected chi connectivity index (χ0v) is 13.4. The second-order valence-corrected chi connectivity index (χ2v) is 5.96. The summed E-state index contributed by atoms with van der Waals surface area (Å²) in [5.41, 5.74) is 0.342. The van der Waals surface area contributed by atoms with Crippen LogP contribution in [0.1, 0.15) is 41.9 Å². The van der Waals surface area contributed by atoms with Gasteiger partial charge in [0.2, 0.25) is 5.91 Å². The molecule has 1 aromatic heterocycles. The molecule has 0 spiro atoms. The van der Waals surface area contributed by atoms with Gasteiger partial charge in [0, 0.05) is 6.04 Å². The molecule has 0 saturated heterocycles. The van der Waals surface area contributed by atoms with Crippen LogP contribution >= 0.6 is 0 Å². The number of H-pyrrole nitrogens is 1. The second kappa shape index (κ2) is 6.82. The van der Waals surface area contributed by atoms with Crippen LogP contribution in [-0.4, -0.2) is 35.0 Å². The SMILES string of the molecule is COC(=O)c1ccc2c(=O)[nH]c(CC(=O)NC3CCCC3)nc2c1. The molecule has 0 radical (unpaired) electrons. The number of benzene rings is 1. The topological polar surface area (TPSA) is 101 Å². The third-order valence-electron chi connectivity index (χ3n) is 4.22. The largest absolute Gasteiger partial charge is 0.465 e. The first-order chi connectivity index (χ1) is 11.6. The molecule has 0 aliphatic heterocycles. The van der Waals surface area contributed by atoms with Crippen LogP contribution in [0.2, 0.25) is 0 Å². The number of aromatic nitrogens is 2. The van der Waals surface area contributed by atoms with Crippen molar-refractivity contribution in [1.29, 1.82) is 0 Å². The molecule has 126 valence electrons. The van der Waals surface area contributed by atoms with E-state index < -0.39 is 5.97 Å². The highest BCUT2D eigenvalue weighted by Gasteiger charge is 2.18. The van der Waals surface area contributed by atoms with E-state index in [9.17, 15) is 14.4 Å². The molecule has 2 aromatic rings. The lowest BCUT2D eigenvalue weighted by atomic mass is 10.1. The van der Waals surface area contributed by atoms with Crippen molar-refractivity contribution in [1.82, 2.24) is 15.3 Å². The lowest BCUT2D eigenvalue weighted by Gasteiger charge is -2.11. The zero-order valence-electron chi connectivity index (χ0n) is 13.4. The van der Waals surface area contributed by atoms with Gasteiger partial charge in [-0.05, 0) is 31.0 Å². The number of ether oxygens (including phenoxy) is 1. The normalized spacial score (nSPS) is 14.7. The van der Waals surface area contributed by atoms with Crippen molar-refractivity contribution in [2.45, 2.75) is 38.1 Å². The van der Waals surface area contributed by atoms with Crippen LogP contribution in [0.15, 0.2) is 23.0 Å². The van der Waals surface area contributed by atoms with Crippen molar-refractivity contribution in [3.63, 3.8) is 0 Å². The van der Waals surface area contributed by atoms with Gasteiger partial charge < -0.3 is 15.0 Å². The molecule has 1 aliphatic carbocycles. The van der Waals surface area contributed by atoms with Gasteiger partial charge >= 0.3 is 5.97 Å². The number of fused-ring (bicyclic) bond motifs is 1. The molecule has 0 atom stereocenters. The number of hydrogen-bond acceptors (Lipinski definition) is 5. The van der Waals surface area contributed by atoms with Gasteiger partial charge in [-0.2, -0.15) is 0 Å². The van der Waals surface area contributed by atoms with Crippen molar-refractivity contribution < 1.29 is 14.3 Å². The van der Waals surface area contributed by atoms with Crippen LogP contribution in [0.4, 0.5) is 0 Å². The van der Waals surface area contributed by atoms with E-state index in [0.717, 1.165) is 25.7 Å². The van der Waals surface area contributed by atoms with Crippen molar-refractivity contribution in [3.8, 4) is 0 Å². The molecule has 1 fully saturated rings. The van der Waals surface area contributed by atoms with E-state index in [1.807, 2.05) is 0 Å². The summed E-state index contributed by atoms with van der Waals surface area (Å²) >= 11 is 0. The van der Waals surface area contributed by atoms with Crippen LogP contribution in [0.5, 0.6) is 0 Å². The van der Waals surface area contributed by atoms with E-state index in [4.69, 9.17) is 0 Å². The highest BCUT2D eigenvalue weighted by atomic mass is 16.5. The molecular weight excluding hydrogens is 310 g/mol. The molecule has 0 bridgehead atoms. The van der Waals surface area contributed by atoms with Gasteiger partial charge in [-0.25, -0.2) is 9.78 Å². The minimum atomic E-state index is -0.500. The first kappa shape index (κ1) is 16.2. The number of carbonyl (C=O) groups excluding carboxylic acids is 2. The summed E-state index contributed by atoms with van der Waals surface area (Å²) in [5, 5.41) is 3.32. The monoisotopic (exact) mass is 329 g/mol. The van der Waals surface area contributed by atoms with E-state index in [-0.39, 0.29) is 29.8 Å². The van der Waals surface area contributed by atoms with Gasteiger partial charge in [-0.1, -0.05) is 12.8 Å². The quantitative estimate of drug-likeness (QED) is 0.824. The van der Waals surface area contributed by atoms with Crippen molar-refractivity contribution in [3.05, 3.63) is 39.9 Å². The third kappa shape index (κ3) is 3.45. The fourth-order valence-electron chi connectivity index (χ4n) is 3.02. The first-order valence-electron chi connectivity index (χ1n) is 7.97. The molecule has 2 N–H and O–H groups in total. The maximum absolute atomic E-state index is 12.1. The molecule has 7 nitrogen and oxygen atoms in total. The van der Waals surface area contributed by atoms with Crippen molar-refractivity contribution >= 4 is 22.8 Å². The lowest BCUT2D eigenvalue weighted by molar-refractivity contribution is -0.121. The summed E-state index contributed by atoms with van der Waals surface area (Å²) in [6.45, 7) is 0. The van der Waals surface area contributed by atoms with Gasteiger partial charge in [0.1, 0.15) is 5.82 Å². The Morgan fingerprint density at radius 3 is 2.79 bits per heavy atom. The van der Waals surface area contributed by atoms with E-state index in [1.165, 1.54) is 25.3 Å². The molecule has 24 heavy (non-hydrogen) atoms. The smallest absolute Gasteiger partial charge is 0.337 e. The number of methoxy groups -OCH3 is 1. The van der Waals surface area contributed by atoms with Crippen LogP contribution < -0.4 is 10.9 Å². The summed E-state index contributed by atoms with van der Waals surface area (Å²) in [6.07, 6.45) is 4.26. The van der Waals surface area contributed by atoms with E-state index in [2.05, 4.69) is 20.0 Å². The van der Waals surface area contributed by atoms with E-state index in [0.29, 0.717) is 16.5 Å². The Labute approximate surface area is 138 Å². The summed E-state index contributed by atoms with van der Waals surface area (Å²) in [6, 6.07) is 4.75. The Morgan fingerprint density at radius 2 is 2.08 bits per heavy atom. The molecule has 1 heterocycles. The molecule has 1 aliphatic rings. The van der Waals surface area contributed by atoms with Gasteiger partial charge in [0.15, 0.2) is 0 Å². The van der Waals surface area contributed by atoms with Crippen molar-refractivity contribution in [2.75, 3.05) is 7.11 Å². The Bertz CT molecular complexity index is 837. The third-order valence-corrected chi connectivity index (χ3v) is 4.22. The number of carbonyl (C=O) groups is 2. The van der Waals surface area contributed by atoms with Crippen LogP contribution in [-0.2, 0) is 16.0 Å². The first-order valence-corrected chi connectivity index (χ1v) is 7.97. The second-order valence-electron chi connectivity index (χ2n) is 5.96. The Balaban J connectivity index is 1.84. The fourth-order valence-corrected chi connectivity index (χ4v) is 3.02. The van der Waals surface area contributed by atoms with Crippen molar-refractivity contribution in [2.24, 2.45) is 0 Å². The summed E-state index contributed by atoms with van der Waals surface area (Å²) in [7, 11) is 1.29. The Hall–Kier alpha value is -2.70. The van der Waals surface area contributed by atoms with Crippen LogP contribution in [0.25, 0.3) is 10.9 Å². The molecule has 1 amide bonds. The maximum atomic E-state index is 12.1. The number of nitrogens with one attached hydrogen (secondary N) is 2. The van der Waals surface area contributed by atoms with Gasteiger partial charge in [-0.15, -0.1) is 0 Å². The number of aromatic amines is 1. The van der Waals surface area contributed by atoms with Gasteiger partial charge in [0.25, 0.3) is 5.56 Å². The highest BCUT2D eigenvalue weighted by molar-refractivity contribution is 5.94. The van der Waals surface area contributed by atoms with E-state index in [1.54, 1.807) is 0 Å². The van der Waals surface area contributed by atoms with E-state index >= 15 is 0 Å². The minimum absolute atomic E-state index is 0.00410. The summed E-state index contributed by atoms with van der Waals surface area (Å²) < 4.78 is 4.67. The molecular formula is C17H19N3O4. The molecule has 1 aromatic carbocycles. The summed E-state index contributed by atoms with van der Waals surface area (Å²) in [5.74, 6) is -0.377. The lowest BCUT2D eigenvalue weighted by Crippen LogP contribution is -2.34. The maximum Gasteiger partial charge on any atom is 0.337 e. The van der Waals surface area contributed by atoms with Gasteiger partial charge in [-0.3, -0.25) is 9.59 Å². The number of nitrogens with zero attached hydrogens (tertiary/aromatic N) is 1. The predicted molar refractivity (Wildman–Crippen MR) is 87.8 cm³/mol. The standard InChI is InChI=1S/C17H19N3O4/c1-24-17(23)10-6-7-12-13(8-10)19-14(20-16(12)22)9-15(21)18-11-4-2-3-5-11/h6-8,11H,2-5,9H2,1H3,(H,18,21)(H,19,20,22). The highest BCUT2D eigenvalue weighted by Crippen LogP contribution is 2.17. The fraction of sp³-hybridized carbons (Fsp3) is 0.412. The van der Waals surface area contributed by atoms with Crippen LogP contribution in [0.3, 0.4) is 0 Å². The average Bonchev–Trinajstić information content (AvgIpc) is 3.06. The molecule has 3 rings (SSSR count). The van der Waals surface area contributed by atoms with Gasteiger partial charge in [0.05, 0.1) is 30.0 Å². The molecule has 7 heteroatoms. The summed E-state index contributed by atoms with van der Waals surface area (Å²) in [4.78, 5) is 42.7. The molecule has 0 unspecified atom stereocenters. The van der Waals surface area contributed by atoms with Crippen LogP contribution in [0, 0.1) is 0 Å². The predicted octanol–water partition coefficient (Wildman–Crippen LogP) is 1.31. The number of esters is 1. The minimum Gasteiger partial charge on any atom is -0.465 e. The number of hydrogen-bond donors (Lipinski definition) is 2. The zero-order chi connectivity index (χ0) is 17.1.